The number of phenols is 1. The number of nitrogens with one attached hydrogen (secondary N) is 1. The summed E-state index contributed by atoms with van der Waals surface area (Å²) in [6.45, 7) is 1.66. The lowest BCUT2D eigenvalue weighted by Gasteiger charge is -2.07. The number of hydrogen-bond acceptors (Lipinski definition) is 3. The van der Waals surface area contributed by atoms with Gasteiger partial charge in [0.2, 0.25) is 0 Å². The highest BCUT2D eigenvalue weighted by Gasteiger charge is 2.07. The highest BCUT2D eigenvalue weighted by atomic mass is 32.2. The normalized spacial score (nSPS) is 11.2. The number of rotatable bonds is 2. The number of nitrogens with two attached hydrogens (primary N) is 1. The third kappa shape index (κ3) is 2.60. The van der Waals surface area contributed by atoms with Crippen LogP contribution in [0.3, 0.4) is 0 Å². The van der Waals surface area contributed by atoms with Crippen LogP contribution in [0, 0.1) is 6.92 Å². The van der Waals surface area contributed by atoms with E-state index in [-0.39, 0.29) is 11.4 Å². The van der Waals surface area contributed by atoms with E-state index in [1.54, 1.807) is 19.1 Å². The average Bonchev–Trinajstić information content (AvgIpc) is 1.96. The second-order valence-corrected chi connectivity index (χ2v) is 3.91. The van der Waals surface area contributed by atoms with Gasteiger partial charge in [0.05, 0.1) is 5.69 Å². The maximum Gasteiger partial charge on any atom is 0.296 e. The van der Waals surface area contributed by atoms with Crippen LogP contribution in [0.5, 0.6) is 5.75 Å². The summed E-state index contributed by atoms with van der Waals surface area (Å²) in [4.78, 5) is 0. The van der Waals surface area contributed by atoms with E-state index < -0.39 is 10.2 Å². The molecule has 0 bridgehead atoms. The van der Waals surface area contributed by atoms with Crippen LogP contribution in [-0.2, 0) is 10.2 Å². The Morgan fingerprint density at radius 1 is 1.46 bits per heavy atom. The molecule has 13 heavy (non-hydrogen) atoms. The summed E-state index contributed by atoms with van der Waals surface area (Å²) in [7, 11) is -3.83. The zero-order chi connectivity index (χ0) is 10.1. The van der Waals surface area contributed by atoms with E-state index >= 15 is 0 Å². The van der Waals surface area contributed by atoms with Crippen molar-refractivity contribution >= 4 is 15.9 Å². The number of phenolic OH excluding ortho intramolecular Hbond substituents is 1. The molecule has 0 aliphatic rings. The van der Waals surface area contributed by atoms with Crippen LogP contribution in [-0.4, -0.2) is 13.5 Å². The van der Waals surface area contributed by atoms with Gasteiger partial charge in [-0.15, -0.1) is 0 Å². The van der Waals surface area contributed by atoms with Crippen LogP contribution in [0.1, 0.15) is 5.56 Å². The Morgan fingerprint density at radius 2 is 2.08 bits per heavy atom. The minimum Gasteiger partial charge on any atom is -0.505 e. The summed E-state index contributed by atoms with van der Waals surface area (Å²) in [6.07, 6.45) is 0. The Hall–Kier alpha value is -1.27. The van der Waals surface area contributed by atoms with Crippen molar-refractivity contribution in [3.63, 3.8) is 0 Å². The largest absolute Gasteiger partial charge is 0.505 e. The molecule has 1 aromatic carbocycles. The quantitative estimate of drug-likeness (QED) is 0.603. The number of hydrogen-bond donors (Lipinski definition) is 3. The predicted molar refractivity (Wildman–Crippen MR) is 49.6 cm³/mol. The molecule has 0 unspecified atom stereocenters. The average molecular weight is 202 g/mol. The van der Waals surface area contributed by atoms with E-state index in [1.165, 1.54) is 6.07 Å². The molecule has 0 radical (unpaired) electrons. The number of anilines is 1. The van der Waals surface area contributed by atoms with E-state index in [1.807, 2.05) is 4.72 Å². The number of aryl methyl sites for hydroxylation is 1. The molecule has 0 aliphatic heterocycles. The fourth-order valence-electron chi connectivity index (χ4n) is 0.895. The van der Waals surface area contributed by atoms with Crippen molar-refractivity contribution in [2.45, 2.75) is 6.92 Å². The van der Waals surface area contributed by atoms with Gasteiger partial charge in [0.1, 0.15) is 5.75 Å². The van der Waals surface area contributed by atoms with E-state index in [4.69, 9.17) is 5.14 Å². The summed E-state index contributed by atoms with van der Waals surface area (Å²) in [5.74, 6) is -0.114. The first-order chi connectivity index (χ1) is 5.90. The SMILES string of the molecule is Cc1cccc(NS(N)(=O)=O)c1O. The minimum atomic E-state index is -3.83. The maximum absolute atomic E-state index is 10.6. The van der Waals surface area contributed by atoms with Crippen molar-refractivity contribution < 1.29 is 13.5 Å². The minimum absolute atomic E-state index is 0.0856. The van der Waals surface area contributed by atoms with Gasteiger partial charge in [0.15, 0.2) is 0 Å². The molecule has 6 heteroatoms. The van der Waals surface area contributed by atoms with Crippen LogP contribution in [0.25, 0.3) is 0 Å². The van der Waals surface area contributed by atoms with Crippen molar-refractivity contribution in [3.8, 4) is 5.75 Å². The summed E-state index contributed by atoms with van der Waals surface area (Å²) in [5, 5.41) is 14.1. The lowest BCUT2D eigenvalue weighted by Crippen LogP contribution is -2.21. The summed E-state index contributed by atoms with van der Waals surface area (Å²) >= 11 is 0. The summed E-state index contributed by atoms with van der Waals surface area (Å²) in [6, 6.07) is 4.69. The molecule has 0 amide bonds. The van der Waals surface area contributed by atoms with E-state index in [0.717, 1.165) is 0 Å². The van der Waals surface area contributed by atoms with Crippen molar-refractivity contribution in [1.82, 2.24) is 0 Å². The van der Waals surface area contributed by atoms with Gasteiger partial charge in [-0.3, -0.25) is 4.72 Å². The maximum atomic E-state index is 10.6. The molecule has 4 N–H and O–H groups in total. The lowest BCUT2D eigenvalue weighted by atomic mass is 10.2. The molecule has 1 rings (SSSR count). The summed E-state index contributed by atoms with van der Waals surface area (Å²) < 4.78 is 23.2. The molecule has 0 heterocycles. The zero-order valence-corrected chi connectivity index (χ0v) is 7.80. The molecule has 0 fully saturated rings. The monoisotopic (exact) mass is 202 g/mol. The second kappa shape index (κ2) is 3.23. The highest BCUT2D eigenvalue weighted by molar-refractivity contribution is 7.90. The molecule has 0 saturated heterocycles. The summed E-state index contributed by atoms with van der Waals surface area (Å²) in [5.41, 5.74) is 0.663. The van der Waals surface area contributed by atoms with E-state index in [0.29, 0.717) is 5.56 Å². The lowest BCUT2D eigenvalue weighted by molar-refractivity contribution is 0.473. The van der Waals surface area contributed by atoms with Crippen molar-refractivity contribution in [2.24, 2.45) is 5.14 Å². The first kappa shape index (κ1) is 9.82. The van der Waals surface area contributed by atoms with Gasteiger partial charge in [-0.2, -0.15) is 8.42 Å². The second-order valence-electron chi connectivity index (χ2n) is 2.62. The fraction of sp³-hybridized carbons (Fsp3) is 0.143. The first-order valence-corrected chi connectivity index (χ1v) is 5.04. The van der Waals surface area contributed by atoms with Crippen molar-refractivity contribution in [3.05, 3.63) is 23.8 Å². The first-order valence-electron chi connectivity index (χ1n) is 3.49. The van der Waals surface area contributed by atoms with Gasteiger partial charge in [-0.05, 0) is 18.6 Å². The number of benzene rings is 1. The topological polar surface area (TPSA) is 92.4 Å². The van der Waals surface area contributed by atoms with Gasteiger partial charge in [-0.1, -0.05) is 12.1 Å². The predicted octanol–water partition coefficient (Wildman–Crippen LogP) is 0.316. The van der Waals surface area contributed by atoms with Gasteiger partial charge in [-0.25, -0.2) is 5.14 Å². The van der Waals surface area contributed by atoms with Gasteiger partial charge in [0, 0.05) is 0 Å². The number of para-hydroxylation sites is 1. The number of aromatic hydroxyl groups is 1. The van der Waals surface area contributed by atoms with Crippen molar-refractivity contribution in [2.75, 3.05) is 4.72 Å². The standard InChI is InChI=1S/C7H10N2O3S/c1-5-3-2-4-6(7(5)10)9-13(8,11)12/h2-4,9-10H,1H3,(H2,8,11,12). The molecule has 0 aliphatic carbocycles. The molecule has 1 aromatic rings. The molecule has 0 atom stereocenters. The van der Waals surface area contributed by atoms with Crippen molar-refractivity contribution in [1.29, 1.82) is 0 Å². The Morgan fingerprint density at radius 3 is 2.62 bits per heavy atom. The Kier molecular flexibility index (Phi) is 2.44. The smallest absolute Gasteiger partial charge is 0.296 e. The van der Waals surface area contributed by atoms with E-state index in [9.17, 15) is 13.5 Å². The Labute approximate surface area is 76.4 Å². The van der Waals surface area contributed by atoms with Gasteiger partial charge < -0.3 is 5.11 Å². The van der Waals surface area contributed by atoms with Gasteiger partial charge in [0.25, 0.3) is 10.2 Å². The Balaban J connectivity index is 3.10. The van der Waals surface area contributed by atoms with Crippen LogP contribution in [0.2, 0.25) is 0 Å². The van der Waals surface area contributed by atoms with Crippen LogP contribution in [0.15, 0.2) is 18.2 Å². The molecule has 0 aromatic heterocycles. The van der Waals surface area contributed by atoms with Gasteiger partial charge >= 0.3 is 0 Å². The molecule has 0 saturated carbocycles. The van der Waals surface area contributed by atoms with Crippen LogP contribution >= 0.6 is 0 Å². The third-order valence-electron chi connectivity index (χ3n) is 1.49. The molecule has 5 nitrogen and oxygen atoms in total. The zero-order valence-electron chi connectivity index (χ0n) is 6.98. The molecular formula is C7H10N2O3S. The molecule has 72 valence electrons. The highest BCUT2D eigenvalue weighted by Crippen LogP contribution is 2.26. The van der Waals surface area contributed by atoms with Crippen LogP contribution in [0.4, 0.5) is 5.69 Å². The molecular weight excluding hydrogens is 192 g/mol. The van der Waals surface area contributed by atoms with E-state index in [2.05, 4.69) is 0 Å². The molecule has 0 spiro atoms. The third-order valence-corrected chi connectivity index (χ3v) is 1.99. The fourth-order valence-corrected chi connectivity index (χ4v) is 1.37. The van der Waals surface area contributed by atoms with Crippen LogP contribution < -0.4 is 9.86 Å². The Bertz CT molecular complexity index is 414.